The lowest BCUT2D eigenvalue weighted by Crippen LogP contribution is -2.00. The van der Waals surface area contributed by atoms with Gasteiger partial charge >= 0.3 is 11.9 Å². The van der Waals surface area contributed by atoms with Crippen LogP contribution < -0.4 is 0 Å². The third kappa shape index (κ3) is 0.733. The quantitative estimate of drug-likeness (QED) is 0.226. The predicted molar refractivity (Wildman–Crippen MR) is 28.0 cm³/mol. The van der Waals surface area contributed by atoms with Gasteiger partial charge in [0, 0.05) is 5.82 Å². The van der Waals surface area contributed by atoms with E-state index >= 15 is 0 Å². The van der Waals surface area contributed by atoms with Crippen molar-refractivity contribution < 1.29 is 14.3 Å². The van der Waals surface area contributed by atoms with Crippen molar-refractivity contribution >= 4 is 19.8 Å². The zero-order chi connectivity index (χ0) is 6.15. The molecule has 0 aliphatic carbocycles. The first kappa shape index (κ1) is 5.34. The normalized spacial score (nSPS) is 28.2. The van der Waals surface area contributed by atoms with E-state index in [2.05, 4.69) is 4.74 Å². The Hall–Kier alpha value is -0.795. The molecule has 1 unspecified atom stereocenters. The highest BCUT2D eigenvalue weighted by Gasteiger charge is 2.28. The van der Waals surface area contributed by atoms with E-state index in [0.717, 1.165) is 0 Å². The van der Waals surface area contributed by atoms with E-state index < -0.39 is 11.9 Å². The van der Waals surface area contributed by atoms with Gasteiger partial charge in [-0.1, -0.05) is 0 Å². The molecule has 42 valence electrons. The molecule has 1 fully saturated rings. The minimum atomic E-state index is -0.400. The SMILES string of the molecule is BC1CC(=O)OC1=O. The first-order valence-electron chi connectivity index (χ1n) is 2.44. The van der Waals surface area contributed by atoms with Crippen molar-refractivity contribution in [1.29, 1.82) is 0 Å². The summed E-state index contributed by atoms with van der Waals surface area (Å²) in [4.78, 5) is 20.6. The van der Waals surface area contributed by atoms with Gasteiger partial charge in [-0.25, -0.2) is 0 Å². The average Bonchev–Trinajstić information content (AvgIpc) is 1.85. The number of ether oxygens (including phenoxy) is 1. The van der Waals surface area contributed by atoms with E-state index in [1.54, 1.807) is 7.85 Å². The average molecular weight is 112 g/mol. The van der Waals surface area contributed by atoms with Gasteiger partial charge in [0.1, 0.15) is 7.85 Å². The standard InChI is InChI=1S/C4H5BO3/c5-2-1-3(6)8-4(2)7/h2H,1,5H2. The molecule has 8 heavy (non-hydrogen) atoms. The molecule has 1 aliphatic heterocycles. The van der Waals surface area contributed by atoms with E-state index in [9.17, 15) is 9.59 Å². The Morgan fingerprint density at radius 3 is 2.38 bits per heavy atom. The van der Waals surface area contributed by atoms with E-state index in [-0.39, 0.29) is 12.2 Å². The van der Waals surface area contributed by atoms with Crippen LogP contribution in [0.2, 0.25) is 5.82 Å². The van der Waals surface area contributed by atoms with Crippen LogP contribution >= 0.6 is 0 Å². The fourth-order valence-corrected chi connectivity index (χ4v) is 0.588. The van der Waals surface area contributed by atoms with Gasteiger partial charge in [0.2, 0.25) is 0 Å². The number of cyclic esters (lactones) is 2. The highest BCUT2D eigenvalue weighted by molar-refractivity contribution is 6.26. The summed E-state index contributed by atoms with van der Waals surface area (Å²) in [7, 11) is 1.67. The Bertz CT molecular complexity index is 142. The lowest BCUT2D eigenvalue weighted by atomic mass is 9.86. The second-order valence-electron chi connectivity index (χ2n) is 1.90. The summed E-state index contributed by atoms with van der Waals surface area (Å²) in [6.07, 6.45) is 0.249. The Balaban J connectivity index is 2.64. The number of carbonyl (C=O) groups excluding carboxylic acids is 2. The van der Waals surface area contributed by atoms with Crippen molar-refractivity contribution in [1.82, 2.24) is 0 Å². The number of esters is 2. The summed E-state index contributed by atoms with van der Waals surface area (Å²) in [5.41, 5.74) is 0. The van der Waals surface area contributed by atoms with Crippen LogP contribution in [0, 0.1) is 0 Å². The molecule has 0 radical (unpaired) electrons. The van der Waals surface area contributed by atoms with Crippen LogP contribution in [0.4, 0.5) is 0 Å². The maximum Gasteiger partial charge on any atom is 0.313 e. The molecule has 1 heterocycles. The van der Waals surface area contributed by atoms with Crippen LogP contribution in [-0.4, -0.2) is 19.8 Å². The van der Waals surface area contributed by atoms with Crippen LogP contribution in [0.15, 0.2) is 0 Å². The predicted octanol–water partition coefficient (Wildman–Crippen LogP) is -1.12. The molecule has 0 spiro atoms. The molecule has 0 amide bonds. The second kappa shape index (κ2) is 1.61. The van der Waals surface area contributed by atoms with Crippen LogP contribution in [-0.2, 0) is 14.3 Å². The zero-order valence-corrected chi connectivity index (χ0v) is 4.51. The van der Waals surface area contributed by atoms with Gasteiger partial charge < -0.3 is 4.74 Å². The minimum absolute atomic E-state index is 0.220. The summed E-state index contributed by atoms with van der Waals surface area (Å²) >= 11 is 0. The first-order valence-corrected chi connectivity index (χ1v) is 2.44. The lowest BCUT2D eigenvalue weighted by Gasteiger charge is -1.86. The lowest BCUT2D eigenvalue weighted by molar-refractivity contribution is -0.151. The van der Waals surface area contributed by atoms with Crippen LogP contribution in [0.5, 0.6) is 0 Å². The molecular formula is C4H5BO3. The van der Waals surface area contributed by atoms with Crippen molar-refractivity contribution in [3.05, 3.63) is 0 Å². The molecule has 1 rings (SSSR count). The largest absolute Gasteiger partial charge is 0.393 e. The van der Waals surface area contributed by atoms with Crippen molar-refractivity contribution in [2.75, 3.05) is 0 Å². The molecule has 1 atom stereocenters. The highest BCUT2D eigenvalue weighted by atomic mass is 16.6. The van der Waals surface area contributed by atoms with Gasteiger partial charge in [-0.05, 0) is 0 Å². The molecule has 0 aromatic rings. The summed E-state index contributed by atoms with van der Waals surface area (Å²) in [6, 6.07) is 0. The molecule has 0 bridgehead atoms. The minimum Gasteiger partial charge on any atom is -0.393 e. The molecule has 0 saturated carbocycles. The van der Waals surface area contributed by atoms with Gasteiger partial charge in [0.25, 0.3) is 0 Å². The fourth-order valence-electron chi connectivity index (χ4n) is 0.588. The number of hydrogen-bond donors (Lipinski definition) is 0. The molecule has 4 heteroatoms. The maximum absolute atomic E-state index is 10.3. The summed E-state index contributed by atoms with van der Waals surface area (Å²) in [5, 5.41) is 0. The van der Waals surface area contributed by atoms with Crippen LogP contribution in [0.25, 0.3) is 0 Å². The van der Waals surface area contributed by atoms with Crippen molar-refractivity contribution in [3.63, 3.8) is 0 Å². The number of hydrogen-bond acceptors (Lipinski definition) is 3. The first-order chi connectivity index (χ1) is 3.70. The maximum atomic E-state index is 10.3. The molecule has 0 N–H and O–H groups in total. The summed E-state index contributed by atoms with van der Waals surface area (Å²) in [5.74, 6) is -1.01. The van der Waals surface area contributed by atoms with E-state index in [1.807, 2.05) is 0 Å². The van der Waals surface area contributed by atoms with Gasteiger partial charge in [-0.15, -0.1) is 0 Å². The Labute approximate surface area is 47.4 Å². The fraction of sp³-hybridized carbons (Fsp3) is 0.500. The molecular weight excluding hydrogens is 107 g/mol. The second-order valence-corrected chi connectivity index (χ2v) is 1.90. The Kier molecular flexibility index (Phi) is 1.08. The van der Waals surface area contributed by atoms with Gasteiger partial charge in [-0.3, -0.25) is 9.59 Å². The third-order valence-electron chi connectivity index (χ3n) is 1.09. The van der Waals surface area contributed by atoms with E-state index in [4.69, 9.17) is 0 Å². The third-order valence-corrected chi connectivity index (χ3v) is 1.09. The van der Waals surface area contributed by atoms with Crippen molar-refractivity contribution in [2.45, 2.75) is 12.2 Å². The number of carbonyl (C=O) groups is 2. The van der Waals surface area contributed by atoms with Gasteiger partial charge in [-0.2, -0.15) is 0 Å². The van der Waals surface area contributed by atoms with E-state index in [0.29, 0.717) is 0 Å². The smallest absolute Gasteiger partial charge is 0.313 e. The Morgan fingerprint density at radius 1 is 1.62 bits per heavy atom. The monoisotopic (exact) mass is 112 g/mol. The molecule has 1 saturated heterocycles. The van der Waals surface area contributed by atoms with Gasteiger partial charge in [0.15, 0.2) is 0 Å². The summed E-state index contributed by atoms with van der Waals surface area (Å²) in [6.45, 7) is 0. The van der Waals surface area contributed by atoms with Crippen molar-refractivity contribution in [3.8, 4) is 0 Å². The number of rotatable bonds is 0. The van der Waals surface area contributed by atoms with E-state index in [1.165, 1.54) is 0 Å². The molecule has 1 aliphatic rings. The Morgan fingerprint density at radius 2 is 2.25 bits per heavy atom. The molecule has 3 nitrogen and oxygen atoms in total. The molecule has 0 aromatic heterocycles. The highest BCUT2D eigenvalue weighted by Crippen LogP contribution is 2.16. The molecule has 0 aromatic carbocycles. The zero-order valence-electron chi connectivity index (χ0n) is 4.51. The topological polar surface area (TPSA) is 43.4 Å². The van der Waals surface area contributed by atoms with Gasteiger partial charge in [0.05, 0.1) is 6.42 Å². The van der Waals surface area contributed by atoms with Crippen LogP contribution in [0.3, 0.4) is 0 Å². The summed E-state index contributed by atoms with van der Waals surface area (Å²) < 4.78 is 4.20. The van der Waals surface area contributed by atoms with Crippen LogP contribution in [0.1, 0.15) is 6.42 Å². The van der Waals surface area contributed by atoms with Crippen molar-refractivity contribution in [2.24, 2.45) is 0 Å².